The molecule has 2 amide bonds. The summed E-state index contributed by atoms with van der Waals surface area (Å²) in [5, 5.41) is 2.89. The van der Waals surface area contributed by atoms with Gasteiger partial charge in [0, 0.05) is 25.6 Å². The molecule has 0 spiro atoms. The Hall–Kier alpha value is -1.82. The molecule has 1 aromatic heterocycles. The van der Waals surface area contributed by atoms with Crippen LogP contribution in [0.25, 0.3) is 0 Å². The largest absolute Gasteiger partial charge is 0.467 e. The van der Waals surface area contributed by atoms with Gasteiger partial charge in [0.25, 0.3) is 0 Å². The second-order valence-electron chi connectivity index (χ2n) is 6.53. The van der Waals surface area contributed by atoms with Crippen molar-refractivity contribution >= 4 is 11.8 Å². The molecule has 1 unspecified atom stereocenters. The van der Waals surface area contributed by atoms with Crippen LogP contribution in [0.1, 0.15) is 38.4 Å². The van der Waals surface area contributed by atoms with Crippen LogP contribution >= 0.6 is 0 Å². The highest BCUT2D eigenvalue weighted by atomic mass is 16.3. The van der Waals surface area contributed by atoms with Crippen LogP contribution in [-0.2, 0) is 16.1 Å². The van der Waals surface area contributed by atoms with Crippen LogP contribution in [0.3, 0.4) is 0 Å². The maximum Gasteiger partial charge on any atom is 0.234 e. The van der Waals surface area contributed by atoms with E-state index in [1.54, 1.807) is 13.2 Å². The van der Waals surface area contributed by atoms with E-state index < -0.39 is 0 Å². The zero-order valence-corrected chi connectivity index (χ0v) is 13.7. The predicted molar refractivity (Wildman–Crippen MR) is 85.6 cm³/mol. The van der Waals surface area contributed by atoms with Gasteiger partial charge in [-0.1, -0.05) is 0 Å². The summed E-state index contributed by atoms with van der Waals surface area (Å²) < 4.78 is 5.21. The number of carbonyl (C=O) groups is 2. The summed E-state index contributed by atoms with van der Waals surface area (Å²) in [6, 6.07) is 4.39. The SMILES string of the molecule is CC(=O)N(CC1CCCN1CC(=O)NCc1ccco1)C1CC1. The van der Waals surface area contributed by atoms with Crippen molar-refractivity contribution < 1.29 is 14.0 Å². The molecule has 3 rings (SSSR count). The molecule has 1 saturated heterocycles. The lowest BCUT2D eigenvalue weighted by atomic mass is 10.2. The lowest BCUT2D eigenvalue weighted by molar-refractivity contribution is -0.130. The van der Waals surface area contributed by atoms with Crippen molar-refractivity contribution in [2.75, 3.05) is 19.6 Å². The van der Waals surface area contributed by atoms with Crippen LogP contribution in [0.2, 0.25) is 0 Å². The molecule has 1 N–H and O–H groups in total. The smallest absolute Gasteiger partial charge is 0.234 e. The van der Waals surface area contributed by atoms with Gasteiger partial charge in [0.2, 0.25) is 11.8 Å². The van der Waals surface area contributed by atoms with Gasteiger partial charge < -0.3 is 14.6 Å². The molecule has 0 aromatic carbocycles. The molecule has 1 aromatic rings. The number of nitrogens with zero attached hydrogens (tertiary/aromatic N) is 2. The Labute approximate surface area is 136 Å². The molecule has 2 aliphatic rings. The van der Waals surface area contributed by atoms with Crippen LogP contribution in [0.5, 0.6) is 0 Å². The van der Waals surface area contributed by atoms with Crippen LogP contribution in [0, 0.1) is 0 Å². The van der Waals surface area contributed by atoms with E-state index >= 15 is 0 Å². The summed E-state index contributed by atoms with van der Waals surface area (Å²) in [6.45, 7) is 4.14. The molecule has 2 heterocycles. The molecule has 1 aliphatic carbocycles. The number of likely N-dealkylation sites (tertiary alicyclic amines) is 1. The van der Waals surface area contributed by atoms with Crippen LogP contribution in [0.4, 0.5) is 0 Å². The maximum atomic E-state index is 12.1. The summed E-state index contributed by atoms with van der Waals surface area (Å²) in [4.78, 5) is 28.1. The van der Waals surface area contributed by atoms with Gasteiger partial charge in [0.15, 0.2) is 0 Å². The van der Waals surface area contributed by atoms with Crippen molar-refractivity contribution in [3.63, 3.8) is 0 Å². The first-order chi connectivity index (χ1) is 11.1. The Kier molecular flexibility index (Phi) is 5.00. The van der Waals surface area contributed by atoms with E-state index in [0.29, 0.717) is 25.2 Å². The third kappa shape index (κ3) is 4.34. The average Bonchev–Trinajstić information content (AvgIpc) is 3.04. The first kappa shape index (κ1) is 16.1. The lowest BCUT2D eigenvalue weighted by Crippen LogP contribution is -2.46. The van der Waals surface area contributed by atoms with Gasteiger partial charge in [-0.2, -0.15) is 0 Å². The van der Waals surface area contributed by atoms with Crippen molar-refractivity contribution in [1.29, 1.82) is 0 Å². The van der Waals surface area contributed by atoms with E-state index in [1.165, 1.54) is 0 Å². The topological polar surface area (TPSA) is 65.8 Å². The summed E-state index contributed by atoms with van der Waals surface area (Å²) in [5.41, 5.74) is 0. The molecule has 0 bridgehead atoms. The highest BCUT2D eigenvalue weighted by Crippen LogP contribution is 2.29. The molecule has 6 heteroatoms. The highest BCUT2D eigenvalue weighted by molar-refractivity contribution is 5.78. The van der Waals surface area contributed by atoms with Crippen molar-refractivity contribution in [3.05, 3.63) is 24.2 Å². The van der Waals surface area contributed by atoms with Crippen LogP contribution < -0.4 is 5.32 Å². The minimum atomic E-state index is 0.00842. The monoisotopic (exact) mass is 319 g/mol. The number of hydrogen-bond donors (Lipinski definition) is 1. The molecule has 126 valence electrons. The average molecular weight is 319 g/mol. The molecule has 1 aliphatic heterocycles. The fourth-order valence-electron chi connectivity index (χ4n) is 3.30. The Balaban J connectivity index is 1.48. The Morgan fingerprint density at radius 3 is 2.87 bits per heavy atom. The number of hydrogen-bond acceptors (Lipinski definition) is 4. The van der Waals surface area contributed by atoms with Crippen LogP contribution in [-0.4, -0.2) is 53.3 Å². The second kappa shape index (κ2) is 7.17. The maximum absolute atomic E-state index is 12.1. The van der Waals surface area contributed by atoms with Crippen molar-refractivity contribution in [2.45, 2.75) is 51.2 Å². The normalized spacial score (nSPS) is 21.3. The molecule has 2 fully saturated rings. The first-order valence-electron chi connectivity index (χ1n) is 8.44. The number of carbonyl (C=O) groups excluding carboxylic acids is 2. The van der Waals surface area contributed by atoms with Crippen molar-refractivity contribution in [2.24, 2.45) is 0 Å². The first-order valence-corrected chi connectivity index (χ1v) is 8.44. The quantitative estimate of drug-likeness (QED) is 0.824. The standard InChI is InChI=1S/C17H25N3O3/c1-13(21)20(14-6-7-14)11-15-4-2-8-19(15)12-17(22)18-10-16-5-3-9-23-16/h3,5,9,14-15H,2,4,6-8,10-12H2,1H3,(H,18,22). The Bertz CT molecular complexity index is 539. The number of amides is 2. The Morgan fingerprint density at radius 1 is 1.39 bits per heavy atom. The van der Waals surface area contributed by atoms with E-state index in [1.807, 2.05) is 17.0 Å². The molecular weight excluding hydrogens is 294 g/mol. The molecule has 23 heavy (non-hydrogen) atoms. The fraction of sp³-hybridized carbons (Fsp3) is 0.647. The van der Waals surface area contributed by atoms with Gasteiger partial charge in [0.1, 0.15) is 5.76 Å². The van der Waals surface area contributed by atoms with Gasteiger partial charge in [-0.15, -0.1) is 0 Å². The van der Waals surface area contributed by atoms with E-state index in [-0.39, 0.29) is 11.8 Å². The van der Waals surface area contributed by atoms with E-state index in [0.717, 1.165) is 44.5 Å². The molecule has 0 radical (unpaired) electrons. The minimum Gasteiger partial charge on any atom is -0.467 e. The second-order valence-corrected chi connectivity index (χ2v) is 6.53. The third-order valence-electron chi connectivity index (χ3n) is 4.69. The molecule has 1 saturated carbocycles. The van der Waals surface area contributed by atoms with Gasteiger partial charge in [-0.25, -0.2) is 0 Å². The molecule has 6 nitrogen and oxygen atoms in total. The van der Waals surface area contributed by atoms with Gasteiger partial charge in [-0.3, -0.25) is 14.5 Å². The number of furan rings is 1. The van der Waals surface area contributed by atoms with Gasteiger partial charge in [0.05, 0.1) is 19.4 Å². The van der Waals surface area contributed by atoms with Gasteiger partial charge in [-0.05, 0) is 44.4 Å². The molecule has 1 atom stereocenters. The number of rotatable bonds is 7. The van der Waals surface area contributed by atoms with Crippen LogP contribution in [0.15, 0.2) is 22.8 Å². The highest BCUT2D eigenvalue weighted by Gasteiger charge is 2.35. The van der Waals surface area contributed by atoms with E-state index in [4.69, 9.17) is 4.42 Å². The third-order valence-corrected chi connectivity index (χ3v) is 4.69. The Morgan fingerprint density at radius 2 is 2.22 bits per heavy atom. The lowest BCUT2D eigenvalue weighted by Gasteiger charge is -2.30. The zero-order chi connectivity index (χ0) is 16.2. The summed E-state index contributed by atoms with van der Waals surface area (Å²) in [7, 11) is 0. The molecular formula is C17H25N3O3. The predicted octanol–water partition coefficient (Wildman–Crippen LogP) is 1.37. The number of nitrogens with one attached hydrogen (secondary N) is 1. The summed E-state index contributed by atoms with van der Waals surface area (Å²) in [6.07, 6.45) is 5.99. The van der Waals surface area contributed by atoms with Crippen molar-refractivity contribution in [3.8, 4) is 0 Å². The van der Waals surface area contributed by atoms with E-state index in [9.17, 15) is 9.59 Å². The summed E-state index contributed by atoms with van der Waals surface area (Å²) >= 11 is 0. The van der Waals surface area contributed by atoms with E-state index in [2.05, 4.69) is 10.2 Å². The fourth-order valence-corrected chi connectivity index (χ4v) is 3.30. The minimum absolute atomic E-state index is 0.00842. The van der Waals surface area contributed by atoms with Crippen molar-refractivity contribution in [1.82, 2.24) is 15.1 Å². The van der Waals surface area contributed by atoms with Gasteiger partial charge >= 0.3 is 0 Å². The zero-order valence-electron chi connectivity index (χ0n) is 13.7. The summed E-state index contributed by atoms with van der Waals surface area (Å²) in [5.74, 6) is 0.920.